The summed E-state index contributed by atoms with van der Waals surface area (Å²) in [4.78, 5) is 0. The Kier molecular flexibility index (Phi) is 11.3. The molecule has 0 aliphatic heterocycles. The van der Waals surface area contributed by atoms with Crippen LogP contribution in [0.4, 0.5) is 0 Å². The fourth-order valence-electron chi connectivity index (χ4n) is 1.14. The van der Waals surface area contributed by atoms with Gasteiger partial charge < -0.3 is 4.74 Å². The van der Waals surface area contributed by atoms with Crippen molar-refractivity contribution in [3.8, 4) is 0 Å². The van der Waals surface area contributed by atoms with Gasteiger partial charge in [-0.25, -0.2) is 0 Å². The Morgan fingerprint density at radius 1 is 1.08 bits per heavy atom. The molecular formula is C10H22OS2. The third-order valence-corrected chi connectivity index (χ3v) is 4.44. The molecule has 0 amide bonds. The summed E-state index contributed by atoms with van der Waals surface area (Å²) in [5, 5.41) is 0. The summed E-state index contributed by atoms with van der Waals surface area (Å²) >= 11 is 4.16. The molecule has 0 aliphatic rings. The van der Waals surface area contributed by atoms with Gasteiger partial charge in [0.25, 0.3) is 0 Å². The molecule has 0 heterocycles. The highest BCUT2D eigenvalue weighted by atomic mass is 32.2. The molecule has 0 N–H and O–H groups in total. The third kappa shape index (κ3) is 8.98. The fraction of sp³-hybridized carbons (Fsp3) is 1.00. The Bertz CT molecular complexity index is 92.9. The van der Waals surface area contributed by atoms with E-state index < -0.39 is 0 Å². The molecule has 0 bridgehead atoms. The van der Waals surface area contributed by atoms with E-state index in [1.165, 1.54) is 30.8 Å². The standard InChI is InChI=1S/C10H22OS2/c1-4-12-10(13-5-2)8-6-7-9-11-3/h10H,4-9H2,1-3H3. The molecule has 0 radical (unpaired) electrons. The number of hydrogen-bond acceptors (Lipinski definition) is 3. The van der Waals surface area contributed by atoms with Crippen molar-refractivity contribution in [3.63, 3.8) is 0 Å². The molecule has 0 rings (SSSR count). The van der Waals surface area contributed by atoms with Crippen molar-refractivity contribution in [2.75, 3.05) is 25.2 Å². The van der Waals surface area contributed by atoms with Crippen LogP contribution >= 0.6 is 23.5 Å². The van der Waals surface area contributed by atoms with Gasteiger partial charge in [-0.05, 0) is 30.8 Å². The molecule has 0 aromatic heterocycles. The minimum Gasteiger partial charge on any atom is -0.385 e. The topological polar surface area (TPSA) is 9.23 Å². The third-order valence-electron chi connectivity index (χ3n) is 1.74. The monoisotopic (exact) mass is 222 g/mol. The van der Waals surface area contributed by atoms with E-state index in [4.69, 9.17) is 4.74 Å². The number of rotatable bonds is 9. The zero-order valence-electron chi connectivity index (χ0n) is 9.04. The minimum absolute atomic E-state index is 0.812. The zero-order valence-corrected chi connectivity index (χ0v) is 10.7. The van der Waals surface area contributed by atoms with Crippen molar-refractivity contribution in [1.82, 2.24) is 0 Å². The molecule has 3 heteroatoms. The summed E-state index contributed by atoms with van der Waals surface area (Å²) in [6.07, 6.45) is 3.85. The lowest BCUT2D eigenvalue weighted by Crippen LogP contribution is -1.99. The SMILES string of the molecule is CCSC(CCCCOC)SCC. The van der Waals surface area contributed by atoms with Crippen LogP contribution in [0.2, 0.25) is 0 Å². The van der Waals surface area contributed by atoms with Gasteiger partial charge in [0.2, 0.25) is 0 Å². The van der Waals surface area contributed by atoms with Gasteiger partial charge in [0.15, 0.2) is 0 Å². The van der Waals surface area contributed by atoms with E-state index in [9.17, 15) is 0 Å². The maximum absolute atomic E-state index is 5.03. The van der Waals surface area contributed by atoms with Gasteiger partial charge in [-0.1, -0.05) is 13.8 Å². The number of thioether (sulfide) groups is 2. The molecule has 0 fully saturated rings. The normalized spacial score (nSPS) is 11.1. The Balaban J connectivity index is 3.33. The minimum atomic E-state index is 0.812. The number of hydrogen-bond donors (Lipinski definition) is 0. The van der Waals surface area contributed by atoms with Crippen LogP contribution < -0.4 is 0 Å². The smallest absolute Gasteiger partial charge is 0.0502 e. The van der Waals surface area contributed by atoms with Crippen molar-refractivity contribution in [2.24, 2.45) is 0 Å². The lowest BCUT2D eigenvalue weighted by Gasteiger charge is -2.13. The van der Waals surface area contributed by atoms with Crippen molar-refractivity contribution in [3.05, 3.63) is 0 Å². The predicted octanol–water partition coefficient (Wildman–Crippen LogP) is 3.64. The van der Waals surface area contributed by atoms with Crippen LogP contribution in [0.1, 0.15) is 33.1 Å². The van der Waals surface area contributed by atoms with Crippen LogP contribution in [0.15, 0.2) is 0 Å². The molecule has 0 aliphatic carbocycles. The van der Waals surface area contributed by atoms with E-state index in [0.717, 1.165) is 11.2 Å². The van der Waals surface area contributed by atoms with Crippen LogP contribution in [-0.4, -0.2) is 29.8 Å². The van der Waals surface area contributed by atoms with Gasteiger partial charge in [-0.15, -0.1) is 23.5 Å². The highest BCUT2D eigenvalue weighted by Gasteiger charge is 2.06. The van der Waals surface area contributed by atoms with Crippen LogP contribution in [-0.2, 0) is 4.74 Å². The Labute approximate surface area is 91.4 Å². The summed E-state index contributed by atoms with van der Waals surface area (Å²) < 4.78 is 5.84. The zero-order chi connectivity index (χ0) is 9.94. The molecule has 0 atom stereocenters. The van der Waals surface area contributed by atoms with Gasteiger partial charge in [0.05, 0.1) is 4.58 Å². The average molecular weight is 222 g/mol. The van der Waals surface area contributed by atoms with E-state index in [1.807, 2.05) is 0 Å². The van der Waals surface area contributed by atoms with E-state index in [-0.39, 0.29) is 0 Å². The van der Waals surface area contributed by atoms with Gasteiger partial charge >= 0.3 is 0 Å². The molecule has 0 saturated heterocycles. The van der Waals surface area contributed by atoms with Crippen LogP contribution in [0, 0.1) is 0 Å². The van der Waals surface area contributed by atoms with Crippen LogP contribution in [0.5, 0.6) is 0 Å². The second kappa shape index (κ2) is 10.7. The molecule has 0 saturated carbocycles. The molecule has 1 nitrogen and oxygen atoms in total. The second-order valence-corrected chi connectivity index (χ2v) is 6.09. The van der Waals surface area contributed by atoms with E-state index >= 15 is 0 Å². The summed E-state index contributed by atoms with van der Waals surface area (Å²) in [5.41, 5.74) is 0. The van der Waals surface area contributed by atoms with Crippen molar-refractivity contribution in [2.45, 2.75) is 37.7 Å². The summed E-state index contributed by atoms with van der Waals surface area (Å²) in [5.74, 6) is 2.48. The van der Waals surface area contributed by atoms with Crippen molar-refractivity contribution in [1.29, 1.82) is 0 Å². The van der Waals surface area contributed by atoms with E-state index in [2.05, 4.69) is 37.4 Å². The van der Waals surface area contributed by atoms with Gasteiger partial charge in [0, 0.05) is 13.7 Å². The summed E-state index contributed by atoms with van der Waals surface area (Å²) in [6, 6.07) is 0. The van der Waals surface area contributed by atoms with Crippen LogP contribution in [0.3, 0.4) is 0 Å². The van der Waals surface area contributed by atoms with Crippen molar-refractivity contribution >= 4 is 23.5 Å². The molecule has 0 spiro atoms. The molecule has 13 heavy (non-hydrogen) atoms. The Morgan fingerprint density at radius 3 is 2.15 bits per heavy atom. The Hall–Kier alpha value is 0.660. The number of ether oxygens (including phenoxy) is 1. The average Bonchev–Trinajstić information content (AvgIpc) is 2.13. The predicted molar refractivity (Wildman–Crippen MR) is 65.8 cm³/mol. The Morgan fingerprint density at radius 2 is 1.69 bits per heavy atom. The van der Waals surface area contributed by atoms with Gasteiger partial charge in [0.1, 0.15) is 0 Å². The second-order valence-electron chi connectivity index (χ2n) is 2.83. The molecule has 0 aromatic rings. The van der Waals surface area contributed by atoms with Crippen LogP contribution in [0.25, 0.3) is 0 Å². The molecule has 80 valence electrons. The lowest BCUT2D eigenvalue weighted by atomic mass is 10.3. The van der Waals surface area contributed by atoms with E-state index in [0.29, 0.717) is 0 Å². The molecule has 0 aromatic carbocycles. The first-order valence-electron chi connectivity index (χ1n) is 5.07. The first-order chi connectivity index (χ1) is 6.35. The first kappa shape index (κ1) is 13.7. The lowest BCUT2D eigenvalue weighted by molar-refractivity contribution is 0.192. The van der Waals surface area contributed by atoms with Crippen molar-refractivity contribution < 1.29 is 4.74 Å². The van der Waals surface area contributed by atoms with E-state index in [1.54, 1.807) is 7.11 Å². The number of methoxy groups -OCH3 is 1. The highest BCUT2D eigenvalue weighted by Crippen LogP contribution is 2.27. The summed E-state index contributed by atoms with van der Waals surface area (Å²) in [7, 11) is 1.78. The maximum Gasteiger partial charge on any atom is 0.0502 e. The molecule has 0 unspecified atom stereocenters. The highest BCUT2D eigenvalue weighted by molar-refractivity contribution is 8.16. The molecular weight excluding hydrogens is 200 g/mol. The first-order valence-corrected chi connectivity index (χ1v) is 7.17. The quantitative estimate of drug-likeness (QED) is 0.435. The van der Waals surface area contributed by atoms with Gasteiger partial charge in [-0.2, -0.15) is 0 Å². The van der Waals surface area contributed by atoms with Gasteiger partial charge in [-0.3, -0.25) is 0 Å². The maximum atomic E-state index is 5.03. The largest absolute Gasteiger partial charge is 0.385 e. The summed E-state index contributed by atoms with van der Waals surface area (Å²) in [6.45, 7) is 5.40. The fourth-order valence-corrected chi connectivity index (χ4v) is 3.76. The number of unbranched alkanes of at least 4 members (excludes halogenated alkanes) is 1.